The number of methoxy groups -OCH3 is 2. The van der Waals surface area contributed by atoms with Crippen molar-refractivity contribution in [3.05, 3.63) is 79.5 Å². The number of rotatable bonds is 6. The number of hydrogen-bond acceptors (Lipinski definition) is 7. The van der Waals surface area contributed by atoms with Crippen LogP contribution in [0.3, 0.4) is 0 Å². The first-order valence-electron chi connectivity index (χ1n) is 10.7. The first kappa shape index (κ1) is 24.1. The van der Waals surface area contributed by atoms with Crippen LogP contribution in [0.1, 0.15) is 36.9 Å². The number of hydrazone groups is 1. The van der Waals surface area contributed by atoms with Gasteiger partial charge in [-0.15, -0.1) is 0 Å². The number of aromatic nitrogens is 2. The van der Waals surface area contributed by atoms with Gasteiger partial charge in [-0.2, -0.15) is 5.10 Å². The molecule has 11 heteroatoms. The van der Waals surface area contributed by atoms with E-state index in [0.717, 1.165) is 4.57 Å². The molecule has 1 amide bonds. The molecule has 1 aliphatic rings. The van der Waals surface area contributed by atoms with Crippen molar-refractivity contribution in [3.8, 4) is 23.1 Å². The van der Waals surface area contributed by atoms with Crippen molar-refractivity contribution in [3.63, 3.8) is 0 Å². The number of carbonyl (C=O) groups excluding carboxylic acids is 1. The maximum Gasteiger partial charge on any atom is 0.335 e. The second kappa shape index (κ2) is 9.67. The van der Waals surface area contributed by atoms with E-state index in [1.165, 1.54) is 31.4 Å². The fourth-order valence-electron chi connectivity index (χ4n) is 3.99. The lowest BCUT2D eigenvalue weighted by molar-refractivity contribution is -0.132. The van der Waals surface area contributed by atoms with E-state index in [1.54, 1.807) is 37.3 Å². The molecule has 0 saturated heterocycles. The van der Waals surface area contributed by atoms with Crippen molar-refractivity contribution in [2.24, 2.45) is 5.10 Å². The van der Waals surface area contributed by atoms with Crippen molar-refractivity contribution in [2.75, 3.05) is 14.2 Å². The zero-order valence-corrected chi connectivity index (χ0v) is 20.0. The molecule has 1 aromatic heterocycles. The summed E-state index contributed by atoms with van der Waals surface area (Å²) in [4.78, 5) is 40.3. The van der Waals surface area contributed by atoms with Crippen LogP contribution >= 0.6 is 11.6 Å². The summed E-state index contributed by atoms with van der Waals surface area (Å²) in [6.07, 6.45) is 0.296. The predicted octanol–water partition coefficient (Wildman–Crippen LogP) is 2.99. The Hall–Kier alpha value is -4.05. The van der Waals surface area contributed by atoms with E-state index in [4.69, 9.17) is 21.1 Å². The minimum absolute atomic E-state index is 0.122. The smallest absolute Gasteiger partial charge is 0.335 e. The average Bonchev–Trinajstić information content (AvgIpc) is 3.28. The first-order valence-corrected chi connectivity index (χ1v) is 11.1. The number of carbonyl (C=O) groups is 1. The van der Waals surface area contributed by atoms with Crippen molar-refractivity contribution in [1.82, 2.24) is 14.6 Å². The molecule has 3 aromatic rings. The molecule has 0 fully saturated rings. The highest BCUT2D eigenvalue weighted by molar-refractivity contribution is 6.30. The first-order chi connectivity index (χ1) is 16.8. The molecule has 0 bridgehead atoms. The molecule has 2 aromatic carbocycles. The predicted molar refractivity (Wildman–Crippen MR) is 130 cm³/mol. The van der Waals surface area contributed by atoms with E-state index >= 15 is 0 Å². The molecule has 1 aliphatic heterocycles. The Bertz CT molecular complexity index is 1430. The molecular weight excluding hydrogens is 476 g/mol. The summed E-state index contributed by atoms with van der Waals surface area (Å²) in [7, 11) is 3.02. The maximum absolute atomic E-state index is 12.8. The molecule has 2 N–H and O–H groups in total. The van der Waals surface area contributed by atoms with Gasteiger partial charge in [0.05, 0.1) is 31.7 Å². The Labute approximate surface area is 205 Å². The lowest BCUT2D eigenvalue weighted by Crippen LogP contribution is -2.33. The molecule has 0 aliphatic carbocycles. The van der Waals surface area contributed by atoms with Crippen molar-refractivity contribution < 1.29 is 19.4 Å². The van der Waals surface area contributed by atoms with Crippen LogP contribution in [-0.4, -0.2) is 45.5 Å². The number of nitrogens with one attached hydrogen (secondary N) is 1. The van der Waals surface area contributed by atoms with Crippen LogP contribution in [0.5, 0.6) is 17.4 Å². The molecule has 0 unspecified atom stereocenters. The monoisotopic (exact) mass is 498 g/mol. The van der Waals surface area contributed by atoms with Crippen LogP contribution < -0.4 is 20.7 Å². The number of ether oxygens (including phenoxy) is 2. The highest BCUT2D eigenvalue weighted by Gasteiger charge is 2.35. The number of nitrogens with zero attached hydrogens (tertiary/aromatic N) is 3. The van der Waals surface area contributed by atoms with Gasteiger partial charge >= 0.3 is 5.69 Å². The quantitative estimate of drug-likeness (QED) is 0.538. The van der Waals surface area contributed by atoms with E-state index in [0.29, 0.717) is 27.8 Å². The number of amides is 1. The van der Waals surface area contributed by atoms with Crippen LogP contribution in [0.4, 0.5) is 0 Å². The Morgan fingerprint density at radius 3 is 2.46 bits per heavy atom. The lowest BCUT2D eigenvalue weighted by Gasteiger charge is -2.22. The molecule has 182 valence electrons. The maximum atomic E-state index is 12.8. The summed E-state index contributed by atoms with van der Waals surface area (Å²) in [6.45, 7) is 1.70. The van der Waals surface area contributed by atoms with Crippen LogP contribution in [0.25, 0.3) is 5.69 Å². The average molecular weight is 499 g/mol. The van der Waals surface area contributed by atoms with Gasteiger partial charge in [0, 0.05) is 17.9 Å². The van der Waals surface area contributed by atoms with Crippen LogP contribution in [-0.2, 0) is 4.79 Å². The summed E-state index contributed by atoms with van der Waals surface area (Å²) < 4.78 is 11.6. The molecule has 35 heavy (non-hydrogen) atoms. The van der Waals surface area contributed by atoms with E-state index < -0.39 is 23.2 Å². The highest BCUT2D eigenvalue weighted by Crippen LogP contribution is 2.38. The van der Waals surface area contributed by atoms with Crippen LogP contribution in [0, 0.1) is 0 Å². The normalized spacial score (nSPS) is 15.1. The zero-order chi connectivity index (χ0) is 25.3. The number of aromatic amines is 1. The Balaban J connectivity index is 1.83. The summed E-state index contributed by atoms with van der Waals surface area (Å²) >= 11 is 5.93. The van der Waals surface area contributed by atoms with Gasteiger partial charge in [-0.1, -0.05) is 24.6 Å². The van der Waals surface area contributed by atoms with Gasteiger partial charge < -0.3 is 14.6 Å². The minimum Gasteiger partial charge on any atom is -0.493 e. The Kier molecular flexibility index (Phi) is 6.65. The lowest BCUT2D eigenvalue weighted by atomic mass is 9.98. The molecule has 2 heterocycles. The van der Waals surface area contributed by atoms with Gasteiger partial charge in [-0.05, 0) is 42.0 Å². The molecule has 10 nitrogen and oxygen atoms in total. The minimum atomic E-state index is -0.824. The van der Waals surface area contributed by atoms with Gasteiger partial charge in [0.1, 0.15) is 5.56 Å². The van der Waals surface area contributed by atoms with Gasteiger partial charge in [0.25, 0.3) is 5.56 Å². The third-order valence-electron chi connectivity index (χ3n) is 5.72. The standard InChI is InChI=1S/C24H23ClN4O6/c1-4-20(30)29-17(13-5-10-18(34-2)19(11-13)35-3)12-16(27-29)21-22(31)26-24(33)28(23(21)32)15-8-6-14(25)7-9-15/h5-11,17,32H,4,12H2,1-3H3,(H,26,31,33)/t17-/m1/s1. The Morgan fingerprint density at radius 2 is 1.83 bits per heavy atom. The summed E-state index contributed by atoms with van der Waals surface area (Å²) in [6, 6.07) is 10.8. The van der Waals surface area contributed by atoms with E-state index in [9.17, 15) is 19.5 Å². The van der Waals surface area contributed by atoms with Gasteiger partial charge in [-0.3, -0.25) is 14.6 Å². The fraction of sp³-hybridized carbons (Fsp3) is 0.250. The molecule has 1 atom stereocenters. The van der Waals surface area contributed by atoms with Crippen molar-refractivity contribution in [2.45, 2.75) is 25.8 Å². The highest BCUT2D eigenvalue weighted by atomic mass is 35.5. The number of H-pyrrole nitrogens is 1. The molecule has 0 spiro atoms. The largest absolute Gasteiger partial charge is 0.493 e. The van der Waals surface area contributed by atoms with Gasteiger partial charge in [0.2, 0.25) is 11.8 Å². The Morgan fingerprint density at radius 1 is 1.14 bits per heavy atom. The van der Waals surface area contributed by atoms with Crippen molar-refractivity contribution >= 4 is 23.2 Å². The SMILES string of the molecule is CCC(=O)N1N=C(c2c(O)n(-c3ccc(Cl)cc3)c(=O)[nH]c2=O)C[C@@H]1c1ccc(OC)c(OC)c1. The van der Waals surface area contributed by atoms with E-state index in [-0.39, 0.29) is 30.0 Å². The molecular formula is C24H23ClN4O6. The van der Waals surface area contributed by atoms with Gasteiger partial charge in [0.15, 0.2) is 11.5 Å². The molecule has 0 radical (unpaired) electrons. The number of aromatic hydroxyl groups is 1. The van der Waals surface area contributed by atoms with Crippen molar-refractivity contribution in [1.29, 1.82) is 0 Å². The van der Waals surface area contributed by atoms with Crippen LogP contribution in [0.15, 0.2) is 57.2 Å². The molecule has 0 saturated carbocycles. The number of halogens is 1. The fourth-order valence-corrected chi connectivity index (χ4v) is 4.11. The second-order valence-electron chi connectivity index (χ2n) is 7.74. The summed E-state index contributed by atoms with van der Waals surface area (Å²) in [5.74, 6) is 0.130. The van der Waals surface area contributed by atoms with E-state index in [2.05, 4.69) is 10.1 Å². The van der Waals surface area contributed by atoms with Gasteiger partial charge in [-0.25, -0.2) is 14.4 Å². The topological polar surface area (TPSA) is 126 Å². The van der Waals surface area contributed by atoms with E-state index in [1.807, 2.05) is 0 Å². The number of hydrogen-bond donors (Lipinski definition) is 2. The second-order valence-corrected chi connectivity index (χ2v) is 8.18. The third kappa shape index (κ3) is 4.40. The van der Waals surface area contributed by atoms with Crippen LogP contribution in [0.2, 0.25) is 5.02 Å². The molecule has 4 rings (SSSR count). The summed E-state index contributed by atoms with van der Waals surface area (Å²) in [5, 5.41) is 17.1. The third-order valence-corrected chi connectivity index (χ3v) is 5.97. The number of benzene rings is 2. The summed E-state index contributed by atoms with van der Waals surface area (Å²) in [5.41, 5.74) is -0.677. The zero-order valence-electron chi connectivity index (χ0n) is 19.2.